The third kappa shape index (κ3) is 2.22. The topological polar surface area (TPSA) is 35.2 Å². The Balaban J connectivity index is 2.92. The lowest BCUT2D eigenvalue weighted by molar-refractivity contribution is 0.413. The van der Waals surface area contributed by atoms with Crippen LogP contribution in [-0.2, 0) is 5.54 Å². The number of hydrogen-bond acceptors (Lipinski definition) is 2. The van der Waals surface area contributed by atoms with E-state index in [1.807, 2.05) is 31.2 Å². The Hall–Kier alpha value is -1.02. The summed E-state index contributed by atoms with van der Waals surface area (Å²) in [5.74, 6) is 0.871. The van der Waals surface area contributed by atoms with E-state index in [2.05, 4.69) is 6.92 Å². The fourth-order valence-corrected chi connectivity index (χ4v) is 1.18. The molecule has 0 aliphatic carbocycles. The minimum absolute atomic E-state index is 0.230. The maximum Gasteiger partial charge on any atom is 0.118 e. The molecule has 1 aromatic rings. The number of rotatable bonds is 3. The van der Waals surface area contributed by atoms with Crippen LogP contribution in [0.1, 0.15) is 25.8 Å². The van der Waals surface area contributed by atoms with E-state index in [-0.39, 0.29) is 5.54 Å². The van der Waals surface area contributed by atoms with Crippen molar-refractivity contribution in [3.8, 4) is 5.75 Å². The van der Waals surface area contributed by atoms with Crippen molar-refractivity contribution in [3.63, 3.8) is 0 Å². The SMILES string of the molecule is CC[C@@](C)(N)c1ccc(OC)cc1. The zero-order valence-corrected chi connectivity index (χ0v) is 8.50. The van der Waals surface area contributed by atoms with E-state index in [0.717, 1.165) is 17.7 Å². The Morgan fingerprint density at radius 2 is 1.85 bits per heavy atom. The summed E-state index contributed by atoms with van der Waals surface area (Å²) in [6.45, 7) is 4.12. The molecule has 2 nitrogen and oxygen atoms in total. The Labute approximate surface area is 79.7 Å². The molecule has 2 N–H and O–H groups in total. The summed E-state index contributed by atoms with van der Waals surface area (Å²) in [6.07, 6.45) is 0.930. The first-order chi connectivity index (χ1) is 6.10. The standard InChI is InChI=1S/C11H17NO/c1-4-11(2,12)9-5-7-10(13-3)8-6-9/h5-8H,4,12H2,1-3H3/t11-/m1/s1. The van der Waals surface area contributed by atoms with Crippen molar-refractivity contribution in [2.24, 2.45) is 5.73 Å². The van der Waals surface area contributed by atoms with Crippen LogP contribution >= 0.6 is 0 Å². The van der Waals surface area contributed by atoms with Gasteiger partial charge >= 0.3 is 0 Å². The highest BCUT2D eigenvalue weighted by atomic mass is 16.5. The lowest BCUT2D eigenvalue weighted by atomic mass is 9.91. The fraction of sp³-hybridized carbons (Fsp3) is 0.455. The molecule has 0 saturated carbocycles. The van der Waals surface area contributed by atoms with Crippen molar-refractivity contribution in [1.29, 1.82) is 0 Å². The van der Waals surface area contributed by atoms with Crippen molar-refractivity contribution in [3.05, 3.63) is 29.8 Å². The van der Waals surface area contributed by atoms with Crippen LogP contribution in [0.3, 0.4) is 0 Å². The lowest BCUT2D eigenvalue weighted by Gasteiger charge is -2.23. The first-order valence-electron chi connectivity index (χ1n) is 4.53. The van der Waals surface area contributed by atoms with E-state index in [1.54, 1.807) is 7.11 Å². The average Bonchev–Trinajstić information content (AvgIpc) is 2.18. The Bertz CT molecular complexity index is 264. The summed E-state index contributed by atoms with van der Waals surface area (Å²) in [6, 6.07) is 7.91. The van der Waals surface area contributed by atoms with Gasteiger partial charge in [-0.2, -0.15) is 0 Å². The minimum Gasteiger partial charge on any atom is -0.497 e. The molecular formula is C11H17NO. The van der Waals surface area contributed by atoms with Gasteiger partial charge in [0.1, 0.15) is 5.75 Å². The summed E-state index contributed by atoms with van der Waals surface area (Å²) < 4.78 is 5.07. The monoisotopic (exact) mass is 179 g/mol. The third-order valence-corrected chi connectivity index (χ3v) is 2.48. The minimum atomic E-state index is -0.230. The molecule has 1 aromatic carbocycles. The van der Waals surface area contributed by atoms with Gasteiger partial charge in [0.2, 0.25) is 0 Å². The molecule has 0 unspecified atom stereocenters. The van der Waals surface area contributed by atoms with E-state index in [4.69, 9.17) is 10.5 Å². The molecule has 72 valence electrons. The Morgan fingerprint density at radius 3 is 2.23 bits per heavy atom. The molecule has 0 heterocycles. The quantitative estimate of drug-likeness (QED) is 0.772. The van der Waals surface area contributed by atoms with Gasteiger partial charge in [-0.3, -0.25) is 0 Å². The van der Waals surface area contributed by atoms with Gasteiger partial charge in [0.05, 0.1) is 7.11 Å². The predicted molar refractivity (Wildman–Crippen MR) is 54.8 cm³/mol. The van der Waals surface area contributed by atoms with Gasteiger partial charge in [0, 0.05) is 5.54 Å². The second-order valence-corrected chi connectivity index (χ2v) is 3.50. The molecular weight excluding hydrogens is 162 g/mol. The molecule has 1 rings (SSSR count). The van der Waals surface area contributed by atoms with Crippen LogP contribution < -0.4 is 10.5 Å². The molecule has 0 spiro atoms. The Kier molecular flexibility index (Phi) is 2.94. The van der Waals surface area contributed by atoms with Crippen molar-refractivity contribution < 1.29 is 4.74 Å². The highest BCUT2D eigenvalue weighted by molar-refractivity contribution is 5.31. The highest BCUT2D eigenvalue weighted by Gasteiger charge is 2.17. The maximum absolute atomic E-state index is 6.09. The molecule has 0 radical (unpaired) electrons. The number of nitrogens with two attached hydrogens (primary N) is 1. The van der Waals surface area contributed by atoms with Gasteiger partial charge in [-0.15, -0.1) is 0 Å². The molecule has 0 bridgehead atoms. The number of hydrogen-bond donors (Lipinski definition) is 1. The van der Waals surface area contributed by atoms with Crippen LogP contribution in [0, 0.1) is 0 Å². The molecule has 1 atom stereocenters. The van der Waals surface area contributed by atoms with Gasteiger partial charge in [-0.05, 0) is 31.0 Å². The van der Waals surface area contributed by atoms with Crippen LogP contribution in [0.15, 0.2) is 24.3 Å². The van der Waals surface area contributed by atoms with Crippen molar-refractivity contribution in [2.45, 2.75) is 25.8 Å². The van der Waals surface area contributed by atoms with E-state index >= 15 is 0 Å². The molecule has 2 heteroatoms. The van der Waals surface area contributed by atoms with Gasteiger partial charge in [0.25, 0.3) is 0 Å². The van der Waals surface area contributed by atoms with E-state index in [9.17, 15) is 0 Å². The molecule has 0 aliphatic rings. The lowest BCUT2D eigenvalue weighted by Crippen LogP contribution is -2.31. The molecule has 0 amide bonds. The normalized spacial score (nSPS) is 15.1. The van der Waals surface area contributed by atoms with Crippen molar-refractivity contribution in [2.75, 3.05) is 7.11 Å². The number of methoxy groups -OCH3 is 1. The van der Waals surface area contributed by atoms with E-state index in [1.165, 1.54) is 0 Å². The van der Waals surface area contributed by atoms with Crippen LogP contribution in [0.25, 0.3) is 0 Å². The smallest absolute Gasteiger partial charge is 0.118 e. The highest BCUT2D eigenvalue weighted by Crippen LogP contribution is 2.23. The second-order valence-electron chi connectivity index (χ2n) is 3.50. The van der Waals surface area contributed by atoms with Crippen LogP contribution in [0.5, 0.6) is 5.75 Å². The van der Waals surface area contributed by atoms with E-state index < -0.39 is 0 Å². The summed E-state index contributed by atoms with van der Waals surface area (Å²) >= 11 is 0. The summed E-state index contributed by atoms with van der Waals surface area (Å²) in [5, 5.41) is 0. The first-order valence-corrected chi connectivity index (χ1v) is 4.53. The maximum atomic E-state index is 6.09. The average molecular weight is 179 g/mol. The van der Waals surface area contributed by atoms with Crippen molar-refractivity contribution in [1.82, 2.24) is 0 Å². The number of ether oxygens (including phenoxy) is 1. The molecule has 13 heavy (non-hydrogen) atoms. The van der Waals surface area contributed by atoms with Gasteiger partial charge in [-0.25, -0.2) is 0 Å². The Morgan fingerprint density at radius 1 is 1.31 bits per heavy atom. The number of benzene rings is 1. The fourth-order valence-electron chi connectivity index (χ4n) is 1.18. The summed E-state index contributed by atoms with van der Waals surface area (Å²) in [7, 11) is 1.66. The molecule has 0 saturated heterocycles. The van der Waals surface area contributed by atoms with Crippen LogP contribution in [0.2, 0.25) is 0 Å². The predicted octanol–water partition coefficient (Wildman–Crippen LogP) is 2.28. The third-order valence-electron chi connectivity index (χ3n) is 2.48. The molecule has 0 aliphatic heterocycles. The van der Waals surface area contributed by atoms with Gasteiger partial charge in [-0.1, -0.05) is 19.1 Å². The summed E-state index contributed by atoms with van der Waals surface area (Å²) in [4.78, 5) is 0. The van der Waals surface area contributed by atoms with Crippen LogP contribution in [-0.4, -0.2) is 7.11 Å². The largest absolute Gasteiger partial charge is 0.497 e. The first kappa shape index (κ1) is 10.1. The molecule has 0 aromatic heterocycles. The summed E-state index contributed by atoms with van der Waals surface area (Å²) in [5.41, 5.74) is 7.01. The van der Waals surface area contributed by atoms with Crippen molar-refractivity contribution >= 4 is 0 Å². The van der Waals surface area contributed by atoms with Gasteiger partial charge in [0.15, 0.2) is 0 Å². The van der Waals surface area contributed by atoms with E-state index in [0.29, 0.717) is 0 Å². The second kappa shape index (κ2) is 3.79. The zero-order valence-electron chi connectivity index (χ0n) is 8.50. The zero-order chi connectivity index (χ0) is 9.90. The van der Waals surface area contributed by atoms with Crippen LogP contribution in [0.4, 0.5) is 0 Å². The molecule has 0 fully saturated rings. The van der Waals surface area contributed by atoms with Gasteiger partial charge < -0.3 is 10.5 Å².